The Hall–Kier alpha value is -3.63. The van der Waals surface area contributed by atoms with Gasteiger partial charge in [-0.15, -0.1) is 0 Å². The van der Waals surface area contributed by atoms with E-state index in [1.165, 1.54) is 0 Å². The Morgan fingerprint density at radius 2 is 1.66 bits per heavy atom. The summed E-state index contributed by atoms with van der Waals surface area (Å²) >= 11 is 0. The van der Waals surface area contributed by atoms with Crippen LogP contribution in [0.2, 0.25) is 0 Å². The van der Waals surface area contributed by atoms with Crippen LogP contribution in [-0.4, -0.2) is 54.5 Å². The largest absolute Gasteiger partial charge is 0.460 e. The molecule has 0 heterocycles. The molecule has 176 valence electrons. The van der Waals surface area contributed by atoms with Crippen molar-refractivity contribution in [3.8, 4) is 0 Å². The summed E-state index contributed by atoms with van der Waals surface area (Å²) < 4.78 is 10.3. The fourth-order valence-corrected chi connectivity index (χ4v) is 2.37. The molecule has 0 aliphatic carbocycles. The predicted molar refractivity (Wildman–Crippen MR) is 114 cm³/mol. The maximum Gasteiger partial charge on any atom is 0.408 e. The Bertz CT molecular complexity index is 806. The lowest BCUT2D eigenvalue weighted by atomic mass is 10.1. The summed E-state index contributed by atoms with van der Waals surface area (Å²) in [6, 6.07) is 7.78. The Morgan fingerprint density at radius 1 is 1.00 bits per heavy atom. The number of esters is 1. The molecular formula is C21H30N4O7. The highest BCUT2D eigenvalue weighted by Gasteiger charge is 2.25. The summed E-state index contributed by atoms with van der Waals surface area (Å²) in [4.78, 5) is 59.0. The Kier molecular flexibility index (Phi) is 10.7. The number of benzene rings is 1. The molecule has 1 aromatic carbocycles. The van der Waals surface area contributed by atoms with Crippen LogP contribution in [0.1, 0.15) is 39.2 Å². The highest BCUT2D eigenvalue weighted by atomic mass is 16.6. The highest BCUT2D eigenvalue weighted by molar-refractivity contribution is 5.91. The normalized spacial score (nSPS) is 11.6. The third kappa shape index (κ3) is 12.2. The Morgan fingerprint density at radius 3 is 2.25 bits per heavy atom. The minimum Gasteiger partial charge on any atom is -0.460 e. The molecule has 5 N–H and O–H groups in total. The van der Waals surface area contributed by atoms with E-state index in [-0.39, 0.29) is 26.0 Å². The van der Waals surface area contributed by atoms with Crippen LogP contribution in [0.4, 0.5) is 4.79 Å². The van der Waals surface area contributed by atoms with Gasteiger partial charge in [-0.2, -0.15) is 0 Å². The zero-order valence-electron chi connectivity index (χ0n) is 18.4. The maximum absolute atomic E-state index is 12.5. The van der Waals surface area contributed by atoms with Gasteiger partial charge in [0.25, 0.3) is 0 Å². The monoisotopic (exact) mass is 450 g/mol. The van der Waals surface area contributed by atoms with Gasteiger partial charge < -0.3 is 31.2 Å². The van der Waals surface area contributed by atoms with Gasteiger partial charge in [0.2, 0.25) is 17.7 Å². The van der Waals surface area contributed by atoms with E-state index < -0.39 is 48.0 Å². The van der Waals surface area contributed by atoms with Crippen molar-refractivity contribution in [1.29, 1.82) is 0 Å². The molecule has 1 aromatic rings. The first-order valence-electron chi connectivity index (χ1n) is 9.98. The second-order valence-electron chi connectivity index (χ2n) is 7.84. The van der Waals surface area contributed by atoms with Crippen molar-refractivity contribution >= 4 is 29.8 Å². The molecule has 1 rings (SSSR count). The van der Waals surface area contributed by atoms with Crippen LogP contribution in [0, 0.1) is 0 Å². The first kappa shape index (κ1) is 26.4. The van der Waals surface area contributed by atoms with Crippen LogP contribution in [-0.2, 0) is 35.3 Å². The van der Waals surface area contributed by atoms with Gasteiger partial charge in [-0.1, -0.05) is 30.3 Å². The topological polar surface area (TPSA) is 166 Å². The van der Waals surface area contributed by atoms with E-state index in [0.717, 1.165) is 5.56 Å². The van der Waals surface area contributed by atoms with E-state index in [0.29, 0.717) is 0 Å². The van der Waals surface area contributed by atoms with Gasteiger partial charge in [0.05, 0.1) is 13.1 Å². The van der Waals surface area contributed by atoms with Crippen molar-refractivity contribution in [2.45, 2.75) is 51.9 Å². The maximum atomic E-state index is 12.5. The number of nitrogens with one attached hydrogen (secondary N) is 3. The summed E-state index contributed by atoms with van der Waals surface area (Å²) in [6.07, 6.45) is -1.09. The SMILES string of the molecule is CC(C)(C)OC(=O)CC[C@H](NC(=O)OCc1ccccc1)C(=O)NCC(=O)NCC(N)=O. The molecule has 0 unspecified atom stereocenters. The number of carbonyl (C=O) groups is 5. The predicted octanol–water partition coefficient (Wildman–Crippen LogP) is 0.121. The van der Waals surface area contributed by atoms with E-state index in [2.05, 4.69) is 16.0 Å². The van der Waals surface area contributed by atoms with Crippen molar-refractivity contribution in [2.24, 2.45) is 5.73 Å². The Labute approximate surface area is 186 Å². The molecule has 0 saturated carbocycles. The molecule has 0 spiro atoms. The summed E-state index contributed by atoms with van der Waals surface area (Å²) in [5, 5.41) is 6.94. The van der Waals surface area contributed by atoms with Crippen LogP contribution < -0.4 is 21.7 Å². The molecule has 0 aliphatic heterocycles. The fourth-order valence-electron chi connectivity index (χ4n) is 2.37. The number of primary amides is 1. The summed E-state index contributed by atoms with van der Waals surface area (Å²) in [5.41, 5.74) is 4.99. The highest BCUT2D eigenvalue weighted by Crippen LogP contribution is 2.10. The molecule has 11 nitrogen and oxygen atoms in total. The van der Waals surface area contributed by atoms with Crippen LogP contribution >= 0.6 is 0 Å². The lowest BCUT2D eigenvalue weighted by Crippen LogP contribution is -2.49. The van der Waals surface area contributed by atoms with E-state index in [1.54, 1.807) is 45.0 Å². The lowest BCUT2D eigenvalue weighted by molar-refractivity contribution is -0.155. The number of hydrogen-bond donors (Lipinski definition) is 4. The van der Waals surface area contributed by atoms with E-state index >= 15 is 0 Å². The van der Waals surface area contributed by atoms with Gasteiger partial charge in [0, 0.05) is 6.42 Å². The minimum absolute atomic E-state index is 0.0113. The number of ether oxygens (including phenoxy) is 2. The smallest absolute Gasteiger partial charge is 0.408 e. The number of amides is 4. The number of nitrogens with two attached hydrogens (primary N) is 1. The third-order valence-corrected chi connectivity index (χ3v) is 3.76. The standard InChI is InChI=1S/C21H30N4O7/c1-21(2,3)32-18(28)10-9-15(19(29)24-12-17(27)23-11-16(22)26)25-20(30)31-13-14-7-5-4-6-8-14/h4-8,15H,9-13H2,1-3H3,(H2,22,26)(H,23,27)(H,24,29)(H,25,30)/t15-/m0/s1. The van der Waals surface area contributed by atoms with Gasteiger partial charge in [-0.3, -0.25) is 19.2 Å². The zero-order chi connectivity index (χ0) is 24.1. The lowest BCUT2D eigenvalue weighted by Gasteiger charge is -2.21. The van der Waals surface area contributed by atoms with E-state index in [9.17, 15) is 24.0 Å². The summed E-state index contributed by atoms with van der Waals surface area (Å²) in [7, 11) is 0. The van der Waals surface area contributed by atoms with Gasteiger partial charge >= 0.3 is 12.1 Å². The van der Waals surface area contributed by atoms with Crippen molar-refractivity contribution < 1.29 is 33.4 Å². The molecular weight excluding hydrogens is 420 g/mol. The average Bonchev–Trinajstić information content (AvgIpc) is 2.71. The van der Waals surface area contributed by atoms with Crippen molar-refractivity contribution in [1.82, 2.24) is 16.0 Å². The molecule has 0 aromatic heterocycles. The average molecular weight is 450 g/mol. The van der Waals surface area contributed by atoms with Gasteiger partial charge in [-0.25, -0.2) is 4.79 Å². The van der Waals surface area contributed by atoms with Crippen molar-refractivity contribution in [2.75, 3.05) is 13.1 Å². The fraction of sp³-hybridized carbons (Fsp3) is 0.476. The van der Waals surface area contributed by atoms with Gasteiger partial charge in [0.1, 0.15) is 18.2 Å². The van der Waals surface area contributed by atoms with Crippen LogP contribution in [0.3, 0.4) is 0 Å². The minimum atomic E-state index is -1.16. The van der Waals surface area contributed by atoms with Crippen molar-refractivity contribution in [3.05, 3.63) is 35.9 Å². The number of rotatable bonds is 11. The van der Waals surface area contributed by atoms with E-state index in [1.807, 2.05) is 6.07 Å². The summed E-state index contributed by atoms with van der Waals surface area (Å²) in [6.45, 7) is 4.29. The zero-order valence-corrected chi connectivity index (χ0v) is 18.4. The second-order valence-corrected chi connectivity index (χ2v) is 7.84. The van der Waals surface area contributed by atoms with Crippen LogP contribution in [0.15, 0.2) is 30.3 Å². The second kappa shape index (κ2) is 12.9. The van der Waals surface area contributed by atoms with E-state index in [4.69, 9.17) is 15.2 Å². The van der Waals surface area contributed by atoms with Gasteiger partial charge in [-0.05, 0) is 32.8 Å². The third-order valence-electron chi connectivity index (χ3n) is 3.76. The van der Waals surface area contributed by atoms with Crippen LogP contribution in [0.25, 0.3) is 0 Å². The van der Waals surface area contributed by atoms with Crippen molar-refractivity contribution in [3.63, 3.8) is 0 Å². The quantitative estimate of drug-likeness (QED) is 0.347. The molecule has 0 fully saturated rings. The molecule has 0 radical (unpaired) electrons. The molecule has 0 aliphatic rings. The first-order valence-corrected chi connectivity index (χ1v) is 9.98. The number of alkyl carbamates (subject to hydrolysis) is 1. The molecule has 11 heteroatoms. The molecule has 32 heavy (non-hydrogen) atoms. The number of carbonyl (C=O) groups excluding carboxylic acids is 5. The molecule has 4 amide bonds. The molecule has 0 saturated heterocycles. The number of hydrogen-bond acceptors (Lipinski definition) is 7. The molecule has 1 atom stereocenters. The first-order chi connectivity index (χ1) is 15.0. The Balaban J connectivity index is 2.66. The molecule has 0 bridgehead atoms. The van der Waals surface area contributed by atoms with Gasteiger partial charge in [0.15, 0.2) is 0 Å². The van der Waals surface area contributed by atoms with Crippen LogP contribution in [0.5, 0.6) is 0 Å². The summed E-state index contributed by atoms with van der Waals surface area (Å²) in [5.74, 6) is -2.63.